The number of rotatable bonds is 4. The van der Waals surface area contributed by atoms with Gasteiger partial charge < -0.3 is 15.1 Å². The first-order chi connectivity index (χ1) is 9.58. The van der Waals surface area contributed by atoms with Crippen molar-refractivity contribution in [3.05, 3.63) is 24.3 Å². The molecule has 108 valence electrons. The average Bonchev–Trinajstić information content (AvgIpc) is 2.46. The number of carbonyl (C=O) groups is 2. The first kappa shape index (κ1) is 14.7. The molecule has 0 saturated carbocycles. The van der Waals surface area contributed by atoms with Crippen molar-refractivity contribution < 1.29 is 19.8 Å². The van der Waals surface area contributed by atoms with E-state index in [1.54, 1.807) is 23.9 Å². The number of benzene rings is 1. The van der Waals surface area contributed by atoms with Crippen LogP contribution in [0, 0.1) is 0 Å². The van der Waals surface area contributed by atoms with Gasteiger partial charge in [0.15, 0.2) is 0 Å². The van der Waals surface area contributed by atoms with Crippen molar-refractivity contribution in [2.75, 3.05) is 17.2 Å². The van der Waals surface area contributed by atoms with E-state index in [9.17, 15) is 14.7 Å². The number of thioether (sulfide) groups is 1. The van der Waals surface area contributed by atoms with Crippen molar-refractivity contribution in [2.45, 2.75) is 24.5 Å². The third-order valence-corrected chi connectivity index (χ3v) is 4.54. The van der Waals surface area contributed by atoms with Gasteiger partial charge in [0.2, 0.25) is 5.91 Å². The summed E-state index contributed by atoms with van der Waals surface area (Å²) >= 11 is 1.59. The molecule has 0 spiro atoms. The Hall–Kier alpha value is -1.69. The van der Waals surface area contributed by atoms with E-state index in [1.165, 1.54) is 17.0 Å². The Kier molecular flexibility index (Phi) is 4.89. The Labute approximate surface area is 121 Å². The first-order valence-corrected chi connectivity index (χ1v) is 7.56. The van der Waals surface area contributed by atoms with Crippen LogP contribution in [0.1, 0.15) is 19.3 Å². The van der Waals surface area contributed by atoms with Crippen LogP contribution >= 0.6 is 11.8 Å². The van der Waals surface area contributed by atoms with Crippen LogP contribution in [-0.4, -0.2) is 39.6 Å². The SMILES string of the molecule is O=C(O)CN(C(=O)C1CCCCS1)c1ccc(O)cc1. The van der Waals surface area contributed by atoms with E-state index in [0.717, 1.165) is 25.0 Å². The molecule has 0 radical (unpaired) electrons. The quantitative estimate of drug-likeness (QED) is 0.889. The highest BCUT2D eigenvalue weighted by Gasteiger charge is 2.28. The van der Waals surface area contributed by atoms with Gasteiger partial charge >= 0.3 is 5.97 Å². The molecule has 2 rings (SSSR count). The Morgan fingerprint density at radius 2 is 1.95 bits per heavy atom. The van der Waals surface area contributed by atoms with E-state index < -0.39 is 5.97 Å². The fourth-order valence-corrected chi connectivity index (χ4v) is 3.43. The molecular weight excluding hydrogens is 278 g/mol. The second kappa shape index (κ2) is 6.65. The van der Waals surface area contributed by atoms with E-state index in [1.807, 2.05) is 0 Å². The minimum absolute atomic E-state index is 0.0866. The lowest BCUT2D eigenvalue weighted by atomic mass is 10.1. The van der Waals surface area contributed by atoms with Crippen LogP contribution in [-0.2, 0) is 9.59 Å². The van der Waals surface area contributed by atoms with Crippen LogP contribution in [0.25, 0.3) is 0 Å². The molecular formula is C14H17NO4S. The summed E-state index contributed by atoms with van der Waals surface area (Å²) in [6, 6.07) is 6.02. The molecule has 20 heavy (non-hydrogen) atoms. The van der Waals surface area contributed by atoms with Gasteiger partial charge in [-0.15, -0.1) is 11.8 Å². The van der Waals surface area contributed by atoms with Gasteiger partial charge in [-0.2, -0.15) is 0 Å². The van der Waals surface area contributed by atoms with Gasteiger partial charge in [0, 0.05) is 5.69 Å². The molecule has 1 amide bonds. The van der Waals surface area contributed by atoms with E-state index >= 15 is 0 Å². The van der Waals surface area contributed by atoms with Gasteiger partial charge in [0.05, 0.1) is 5.25 Å². The van der Waals surface area contributed by atoms with Crippen molar-refractivity contribution >= 4 is 29.3 Å². The van der Waals surface area contributed by atoms with Crippen LogP contribution in [0.3, 0.4) is 0 Å². The smallest absolute Gasteiger partial charge is 0.323 e. The molecule has 1 aromatic rings. The molecule has 5 nitrogen and oxygen atoms in total. The van der Waals surface area contributed by atoms with Crippen LogP contribution in [0.5, 0.6) is 5.75 Å². The fraction of sp³-hybridized carbons (Fsp3) is 0.429. The van der Waals surface area contributed by atoms with E-state index in [4.69, 9.17) is 5.11 Å². The summed E-state index contributed by atoms with van der Waals surface area (Å²) in [5, 5.41) is 18.1. The maximum atomic E-state index is 12.5. The van der Waals surface area contributed by atoms with Crippen LogP contribution in [0.4, 0.5) is 5.69 Å². The molecule has 1 fully saturated rings. The zero-order valence-corrected chi connectivity index (χ0v) is 11.8. The normalized spacial score (nSPS) is 18.5. The molecule has 0 aliphatic carbocycles. The van der Waals surface area contributed by atoms with Gasteiger partial charge in [-0.05, 0) is 42.9 Å². The number of carboxylic acids is 1. The van der Waals surface area contributed by atoms with E-state index in [0.29, 0.717) is 5.69 Å². The molecule has 0 aromatic heterocycles. The van der Waals surface area contributed by atoms with E-state index in [-0.39, 0.29) is 23.5 Å². The van der Waals surface area contributed by atoms with E-state index in [2.05, 4.69) is 0 Å². The summed E-state index contributed by atoms with van der Waals surface area (Å²) in [6.07, 6.45) is 2.89. The molecule has 1 saturated heterocycles. The summed E-state index contributed by atoms with van der Waals surface area (Å²) in [4.78, 5) is 24.8. The Balaban J connectivity index is 2.19. The molecule has 1 aromatic carbocycles. The Morgan fingerprint density at radius 1 is 1.25 bits per heavy atom. The number of aliphatic carboxylic acids is 1. The number of hydrogen-bond donors (Lipinski definition) is 2. The second-order valence-electron chi connectivity index (χ2n) is 4.69. The third-order valence-electron chi connectivity index (χ3n) is 3.18. The molecule has 1 atom stereocenters. The molecule has 1 aliphatic heterocycles. The first-order valence-electron chi connectivity index (χ1n) is 6.52. The number of anilines is 1. The lowest BCUT2D eigenvalue weighted by Gasteiger charge is -2.28. The number of hydrogen-bond acceptors (Lipinski definition) is 4. The van der Waals surface area contributed by atoms with Gasteiger partial charge in [0.25, 0.3) is 0 Å². The summed E-state index contributed by atoms with van der Waals surface area (Å²) in [7, 11) is 0. The van der Waals surface area contributed by atoms with Gasteiger partial charge in [0.1, 0.15) is 12.3 Å². The Bertz CT molecular complexity index is 482. The van der Waals surface area contributed by atoms with Crippen molar-refractivity contribution in [3.63, 3.8) is 0 Å². The highest BCUT2D eigenvalue weighted by molar-refractivity contribution is 8.00. The highest BCUT2D eigenvalue weighted by Crippen LogP contribution is 2.29. The predicted octanol–water partition coefficient (Wildman–Crippen LogP) is 2.10. The highest BCUT2D eigenvalue weighted by atomic mass is 32.2. The fourth-order valence-electron chi connectivity index (χ4n) is 2.17. The number of phenolic OH excluding ortho intramolecular Hbond substituents is 1. The molecule has 1 aliphatic rings. The van der Waals surface area contributed by atoms with Gasteiger partial charge in [-0.1, -0.05) is 6.42 Å². The van der Waals surface area contributed by atoms with Crippen LogP contribution < -0.4 is 4.90 Å². The van der Waals surface area contributed by atoms with Crippen LogP contribution in [0.2, 0.25) is 0 Å². The molecule has 2 N–H and O–H groups in total. The van der Waals surface area contributed by atoms with Crippen molar-refractivity contribution in [1.82, 2.24) is 0 Å². The Morgan fingerprint density at radius 3 is 2.50 bits per heavy atom. The van der Waals surface area contributed by atoms with Crippen molar-refractivity contribution in [3.8, 4) is 5.75 Å². The number of carbonyl (C=O) groups excluding carboxylic acids is 1. The molecule has 0 bridgehead atoms. The maximum Gasteiger partial charge on any atom is 0.323 e. The molecule has 6 heteroatoms. The summed E-state index contributed by atoms with van der Waals surface area (Å²) in [6.45, 7) is -0.360. The zero-order valence-electron chi connectivity index (χ0n) is 11.0. The number of phenols is 1. The van der Waals surface area contributed by atoms with Crippen LogP contribution in [0.15, 0.2) is 24.3 Å². The van der Waals surface area contributed by atoms with Crippen molar-refractivity contribution in [1.29, 1.82) is 0 Å². The second-order valence-corrected chi connectivity index (χ2v) is 6.00. The number of amides is 1. The average molecular weight is 295 g/mol. The molecule has 1 unspecified atom stereocenters. The monoisotopic (exact) mass is 295 g/mol. The third kappa shape index (κ3) is 3.66. The maximum absolute atomic E-state index is 12.5. The lowest BCUT2D eigenvalue weighted by Crippen LogP contribution is -2.42. The lowest BCUT2D eigenvalue weighted by molar-refractivity contribution is -0.136. The summed E-state index contributed by atoms with van der Waals surface area (Å²) in [5.74, 6) is -0.189. The van der Waals surface area contributed by atoms with Gasteiger partial charge in [-0.25, -0.2) is 0 Å². The van der Waals surface area contributed by atoms with Crippen molar-refractivity contribution in [2.24, 2.45) is 0 Å². The standard InChI is InChI=1S/C14H17NO4S/c16-11-6-4-10(5-7-11)15(9-13(17)18)14(19)12-3-1-2-8-20-12/h4-7,12,16H,1-3,8-9H2,(H,17,18). The predicted molar refractivity (Wildman–Crippen MR) is 78.2 cm³/mol. The number of nitrogens with zero attached hydrogens (tertiary/aromatic N) is 1. The van der Waals surface area contributed by atoms with Gasteiger partial charge in [-0.3, -0.25) is 9.59 Å². The summed E-state index contributed by atoms with van der Waals surface area (Å²) in [5.41, 5.74) is 0.501. The minimum Gasteiger partial charge on any atom is -0.508 e. The molecule has 1 heterocycles. The number of aromatic hydroxyl groups is 1. The number of carboxylic acid groups (broad SMARTS) is 1. The largest absolute Gasteiger partial charge is 0.508 e. The topological polar surface area (TPSA) is 77.8 Å². The zero-order chi connectivity index (χ0) is 14.5. The minimum atomic E-state index is -1.05. The summed E-state index contributed by atoms with van der Waals surface area (Å²) < 4.78 is 0.